The van der Waals surface area contributed by atoms with Crippen LogP contribution in [0.5, 0.6) is 0 Å². The molecule has 0 aliphatic rings. The molecule has 28 heteroatoms. The highest BCUT2D eigenvalue weighted by Crippen LogP contribution is 2.07. The number of rotatable bonds is 30. The number of H-pyrrole nitrogens is 3. The molecule has 28 nitrogen and oxygen atoms in total. The molecular weight excluding hydrogens is 957 g/mol. The number of urea groups is 3. The Morgan fingerprint density at radius 1 is 0.466 bits per heavy atom. The quantitative estimate of drug-likeness (QED) is 0.0256. The summed E-state index contributed by atoms with van der Waals surface area (Å²) < 4.78 is 16.4. The molecule has 3 heterocycles. The van der Waals surface area contributed by atoms with Gasteiger partial charge in [0.25, 0.3) is 16.7 Å². The van der Waals surface area contributed by atoms with E-state index in [1.807, 2.05) is 20.8 Å². The molecule has 0 bridgehead atoms. The van der Waals surface area contributed by atoms with Gasteiger partial charge in [-0.2, -0.15) is 15.0 Å². The normalized spacial score (nSPS) is 12.0. The fourth-order valence-electron chi connectivity index (χ4n) is 6.84. The van der Waals surface area contributed by atoms with Crippen LogP contribution in [0.15, 0.2) is 32.6 Å². The molecule has 0 aromatic carbocycles. The van der Waals surface area contributed by atoms with Gasteiger partial charge in [-0.15, -0.1) is 0 Å². The molecular formula is C45H72N16O12. The van der Waals surface area contributed by atoms with Gasteiger partial charge < -0.3 is 61.1 Å². The van der Waals surface area contributed by atoms with Crippen LogP contribution in [0.3, 0.4) is 0 Å². The number of nitrogens with one attached hydrogen (secondary N) is 12. The number of alkyl carbamates (subject to hydrolysis) is 3. The lowest BCUT2D eigenvalue weighted by molar-refractivity contribution is 0.0866. The van der Waals surface area contributed by atoms with Gasteiger partial charge >= 0.3 is 36.4 Å². The highest BCUT2D eigenvalue weighted by Gasteiger charge is 2.21. The highest BCUT2D eigenvalue weighted by molar-refractivity contribution is 5.89. The minimum atomic E-state index is -0.866. The van der Waals surface area contributed by atoms with Crippen LogP contribution >= 0.6 is 0 Å². The lowest BCUT2D eigenvalue weighted by Gasteiger charge is -2.24. The third-order valence-electron chi connectivity index (χ3n) is 10.3. The van der Waals surface area contributed by atoms with Gasteiger partial charge in [0.05, 0.1) is 0 Å². The molecule has 3 atom stereocenters. The van der Waals surface area contributed by atoms with E-state index in [0.717, 1.165) is 38.5 Å². The summed E-state index contributed by atoms with van der Waals surface area (Å²) in [5, 5.41) is 23.2. The van der Waals surface area contributed by atoms with Crippen LogP contribution in [0.4, 0.5) is 46.6 Å². The molecule has 0 aliphatic carbocycles. The number of hydrogen-bond acceptors (Lipinski definition) is 16. The monoisotopic (exact) mass is 1030 g/mol. The molecule has 3 rings (SSSR count). The SMILES string of the molecule is CCCCCC(NC(=O)Nc1nc(=O)cc(C)[nH]1)NC(=O)OCCN(CCOC(=O)NC(CCCCC)NC(=O)Nc1nc(=O)cc(C)[nH]1)CCOC(=O)NC(CCCCC)NC(=O)Nc1nc(=O)cc(C)[nH]1. The number of hydrogen-bond donors (Lipinski definition) is 12. The molecule has 0 radical (unpaired) electrons. The van der Waals surface area contributed by atoms with Crippen molar-refractivity contribution in [2.75, 3.05) is 55.4 Å². The summed E-state index contributed by atoms with van der Waals surface area (Å²) in [5.41, 5.74) is -0.219. The van der Waals surface area contributed by atoms with Crippen molar-refractivity contribution in [3.8, 4) is 0 Å². The zero-order chi connectivity index (χ0) is 53.5. The molecule has 3 aromatic rings. The summed E-state index contributed by atoms with van der Waals surface area (Å²) in [4.78, 5) is 134. The summed E-state index contributed by atoms with van der Waals surface area (Å²) in [6.45, 7) is 10.4. The van der Waals surface area contributed by atoms with Gasteiger partial charge in [0.2, 0.25) is 17.8 Å². The number of unbranched alkanes of at least 4 members (excludes halogenated alkanes) is 6. The van der Waals surface area contributed by atoms with E-state index in [-0.39, 0.29) is 57.3 Å². The van der Waals surface area contributed by atoms with Crippen LogP contribution in [0, 0.1) is 20.8 Å². The van der Waals surface area contributed by atoms with E-state index in [4.69, 9.17) is 14.2 Å². The molecule has 0 saturated heterocycles. The predicted octanol–water partition coefficient (Wildman–Crippen LogP) is 3.83. The van der Waals surface area contributed by atoms with Crippen molar-refractivity contribution < 1.29 is 43.0 Å². The van der Waals surface area contributed by atoms with Crippen molar-refractivity contribution in [3.63, 3.8) is 0 Å². The van der Waals surface area contributed by atoms with Gasteiger partial charge in [0.1, 0.15) is 38.3 Å². The number of carbonyl (C=O) groups is 6. The zero-order valence-corrected chi connectivity index (χ0v) is 42.4. The van der Waals surface area contributed by atoms with E-state index in [1.54, 1.807) is 25.7 Å². The molecule has 0 saturated carbocycles. The van der Waals surface area contributed by atoms with Crippen molar-refractivity contribution in [2.45, 2.75) is 137 Å². The topological polar surface area (TPSA) is 379 Å². The van der Waals surface area contributed by atoms with E-state index in [1.165, 1.54) is 18.2 Å². The predicted molar refractivity (Wildman–Crippen MR) is 269 cm³/mol. The minimum absolute atomic E-state index is 0.0527. The summed E-state index contributed by atoms with van der Waals surface area (Å²) in [7, 11) is 0. The molecule has 9 amide bonds. The largest absolute Gasteiger partial charge is 0.448 e. The van der Waals surface area contributed by atoms with Crippen LogP contribution < -0.4 is 64.5 Å². The first-order valence-electron chi connectivity index (χ1n) is 24.4. The fourth-order valence-corrected chi connectivity index (χ4v) is 6.84. The second kappa shape index (κ2) is 33.0. The van der Waals surface area contributed by atoms with E-state index < -0.39 is 71.5 Å². The number of aromatic amines is 3. The Balaban J connectivity index is 1.65. The third-order valence-corrected chi connectivity index (χ3v) is 10.3. The Bertz CT molecular complexity index is 2150. The van der Waals surface area contributed by atoms with Gasteiger partial charge in [-0.25, -0.2) is 28.8 Å². The average molecular weight is 1030 g/mol. The molecule has 0 fully saturated rings. The van der Waals surface area contributed by atoms with E-state index in [9.17, 15) is 43.2 Å². The highest BCUT2D eigenvalue weighted by atomic mass is 16.6. The maximum atomic E-state index is 13.1. The number of aromatic nitrogens is 6. The Morgan fingerprint density at radius 3 is 0.986 bits per heavy atom. The molecule has 0 aliphatic heterocycles. The van der Waals surface area contributed by atoms with Gasteiger partial charge in [-0.3, -0.25) is 35.2 Å². The van der Waals surface area contributed by atoms with Crippen molar-refractivity contribution in [1.29, 1.82) is 0 Å². The lowest BCUT2D eigenvalue weighted by Crippen LogP contribution is -2.50. The average Bonchev–Trinajstić information content (AvgIpc) is 3.27. The second-order valence-electron chi connectivity index (χ2n) is 16.9. The Hall–Kier alpha value is -7.78. The number of ether oxygens (including phenoxy) is 3. The van der Waals surface area contributed by atoms with Crippen molar-refractivity contribution in [2.24, 2.45) is 0 Å². The van der Waals surface area contributed by atoms with Crippen molar-refractivity contribution in [1.82, 2.24) is 66.7 Å². The van der Waals surface area contributed by atoms with Crippen LogP contribution in [-0.4, -0.2) is 129 Å². The smallest absolute Gasteiger partial charge is 0.408 e. The zero-order valence-electron chi connectivity index (χ0n) is 42.4. The minimum Gasteiger partial charge on any atom is -0.448 e. The maximum Gasteiger partial charge on any atom is 0.408 e. The number of nitrogens with zero attached hydrogens (tertiary/aromatic N) is 4. The van der Waals surface area contributed by atoms with Gasteiger partial charge in [0, 0.05) is 54.9 Å². The summed E-state index contributed by atoms with van der Waals surface area (Å²) in [6, 6.07) is 1.59. The fraction of sp³-hybridized carbons (Fsp3) is 0.600. The first-order chi connectivity index (χ1) is 34.9. The molecule has 404 valence electrons. The van der Waals surface area contributed by atoms with Crippen LogP contribution in [0.25, 0.3) is 0 Å². The third kappa shape index (κ3) is 26.3. The second-order valence-corrected chi connectivity index (χ2v) is 16.9. The number of amides is 9. The van der Waals surface area contributed by atoms with Crippen molar-refractivity contribution >= 4 is 54.2 Å². The van der Waals surface area contributed by atoms with Crippen molar-refractivity contribution in [3.05, 3.63) is 66.3 Å². The molecule has 73 heavy (non-hydrogen) atoms. The first-order valence-corrected chi connectivity index (χ1v) is 24.4. The molecule has 12 N–H and O–H groups in total. The van der Waals surface area contributed by atoms with Gasteiger partial charge in [-0.05, 0) is 59.3 Å². The molecule has 3 unspecified atom stereocenters. The van der Waals surface area contributed by atoms with E-state index >= 15 is 0 Å². The van der Waals surface area contributed by atoms with Gasteiger partial charge in [-0.1, -0.05) is 59.3 Å². The van der Waals surface area contributed by atoms with Gasteiger partial charge in [0.15, 0.2) is 0 Å². The summed E-state index contributed by atoms with van der Waals surface area (Å²) in [6.07, 6.45) is 2.92. The summed E-state index contributed by atoms with van der Waals surface area (Å²) >= 11 is 0. The Morgan fingerprint density at radius 2 is 0.740 bits per heavy atom. The Labute approximate surface area is 421 Å². The van der Waals surface area contributed by atoms with Crippen LogP contribution in [-0.2, 0) is 14.2 Å². The van der Waals surface area contributed by atoms with E-state index in [2.05, 4.69) is 77.8 Å². The number of anilines is 3. The standard InChI is InChI=1S/C45H72N16O12/c1-7-10-13-16-31(49-40(65)58-37-46-28(4)25-34(62)55-37)52-43(68)71-22-19-61(20-23-72-44(69)53-32(17-14-11-8-2)50-41(66)59-38-47-29(5)26-35(63)56-38)21-24-73-45(70)54-33(18-15-12-9-3)51-42(67)60-39-48-30(6)27-36(64)57-39/h25-27,31-33H,7-24H2,1-6H3,(H,52,68)(H,53,69)(H,54,70)(H3,46,49,55,58,62,65)(H3,47,50,56,59,63,66)(H3,48,51,57,60,64,67). The molecule has 3 aromatic heterocycles. The van der Waals surface area contributed by atoms with Crippen LogP contribution in [0.2, 0.25) is 0 Å². The summed E-state index contributed by atoms with van der Waals surface area (Å²) in [5.74, 6) is -0.237. The lowest BCUT2D eigenvalue weighted by atomic mass is 10.2. The Kier molecular flexibility index (Phi) is 26.9. The number of aryl methyl sites for hydroxylation is 3. The molecule has 0 spiro atoms. The van der Waals surface area contributed by atoms with E-state index in [0.29, 0.717) is 55.6 Å². The van der Waals surface area contributed by atoms with Crippen LogP contribution in [0.1, 0.15) is 115 Å². The number of carbonyl (C=O) groups excluding carboxylic acids is 6. The maximum absolute atomic E-state index is 13.1. The first kappa shape index (κ1) is 59.5.